The second-order valence-corrected chi connectivity index (χ2v) is 4.12. The van der Waals surface area contributed by atoms with Gasteiger partial charge < -0.3 is 14.3 Å². The number of hydrogen-bond donors (Lipinski definition) is 1. The molecular weight excluding hydrogens is 216 g/mol. The van der Waals surface area contributed by atoms with Gasteiger partial charge in [-0.05, 0) is 32.0 Å². The second-order valence-electron chi connectivity index (χ2n) is 4.12. The molecule has 0 saturated heterocycles. The van der Waals surface area contributed by atoms with Crippen molar-refractivity contribution in [3.63, 3.8) is 0 Å². The van der Waals surface area contributed by atoms with Crippen LogP contribution >= 0.6 is 0 Å². The Labute approximate surface area is 101 Å². The number of furan rings is 1. The number of aliphatic hydroxyl groups excluding tert-OH is 1. The summed E-state index contributed by atoms with van der Waals surface area (Å²) in [5.74, 6) is 1.20. The van der Waals surface area contributed by atoms with E-state index in [2.05, 4.69) is 0 Å². The van der Waals surface area contributed by atoms with E-state index >= 15 is 0 Å². The van der Waals surface area contributed by atoms with Gasteiger partial charge in [0.2, 0.25) is 0 Å². The molecule has 0 aliphatic heterocycles. The highest BCUT2D eigenvalue weighted by Crippen LogP contribution is 2.30. The zero-order valence-corrected chi connectivity index (χ0v) is 9.96. The zero-order valence-electron chi connectivity index (χ0n) is 9.96. The highest BCUT2D eigenvalue weighted by atomic mass is 16.5. The van der Waals surface area contributed by atoms with Crippen molar-refractivity contribution in [2.75, 3.05) is 0 Å². The molecule has 0 amide bonds. The van der Waals surface area contributed by atoms with Gasteiger partial charge >= 0.3 is 0 Å². The predicted molar refractivity (Wildman–Crippen MR) is 65.0 cm³/mol. The lowest BCUT2D eigenvalue weighted by atomic mass is 10.1. The molecule has 0 saturated carbocycles. The number of para-hydroxylation sites is 1. The van der Waals surface area contributed by atoms with E-state index in [1.54, 1.807) is 18.4 Å². The molecule has 1 aromatic heterocycles. The molecular formula is C14H16O3. The minimum Gasteiger partial charge on any atom is -0.491 e. The molecule has 2 rings (SSSR count). The number of rotatable bonds is 4. The third-order valence-electron chi connectivity index (χ3n) is 2.39. The summed E-state index contributed by atoms with van der Waals surface area (Å²) in [6.07, 6.45) is 0.824. The number of ether oxygens (including phenoxy) is 1. The summed E-state index contributed by atoms with van der Waals surface area (Å²) in [7, 11) is 0. The molecule has 1 aromatic carbocycles. The third kappa shape index (κ3) is 2.68. The van der Waals surface area contributed by atoms with E-state index in [4.69, 9.17) is 9.15 Å². The number of benzene rings is 1. The van der Waals surface area contributed by atoms with Gasteiger partial charge in [-0.3, -0.25) is 0 Å². The number of hydrogen-bond acceptors (Lipinski definition) is 3. The summed E-state index contributed by atoms with van der Waals surface area (Å²) in [4.78, 5) is 0. The molecule has 0 radical (unpaired) electrons. The van der Waals surface area contributed by atoms with E-state index in [1.165, 1.54) is 0 Å². The van der Waals surface area contributed by atoms with Gasteiger partial charge in [-0.15, -0.1) is 0 Å². The Morgan fingerprint density at radius 2 is 1.88 bits per heavy atom. The minimum absolute atomic E-state index is 0.0694. The lowest BCUT2D eigenvalue weighted by Crippen LogP contribution is -2.09. The van der Waals surface area contributed by atoms with Crippen LogP contribution in [0.15, 0.2) is 47.1 Å². The van der Waals surface area contributed by atoms with Crippen LogP contribution in [0.4, 0.5) is 0 Å². The molecule has 1 atom stereocenters. The van der Waals surface area contributed by atoms with Crippen molar-refractivity contribution in [2.45, 2.75) is 26.1 Å². The van der Waals surface area contributed by atoms with Gasteiger partial charge in [0.15, 0.2) is 0 Å². The smallest absolute Gasteiger partial charge is 0.140 e. The van der Waals surface area contributed by atoms with Crippen molar-refractivity contribution >= 4 is 0 Å². The van der Waals surface area contributed by atoms with Crippen LogP contribution in [0.5, 0.6) is 5.75 Å². The Bertz CT molecular complexity index is 460. The summed E-state index contributed by atoms with van der Waals surface area (Å²) >= 11 is 0. The molecule has 17 heavy (non-hydrogen) atoms. The van der Waals surface area contributed by atoms with E-state index in [0.717, 1.165) is 5.56 Å². The van der Waals surface area contributed by atoms with Crippen molar-refractivity contribution in [3.05, 3.63) is 54.0 Å². The van der Waals surface area contributed by atoms with E-state index < -0.39 is 6.10 Å². The summed E-state index contributed by atoms with van der Waals surface area (Å²) in [5.41, 5.74) is 0.719. The molecule has 0 aliphatic carbocycles. The van der Waals surface area contributed by atoms with Gasteiger partial charge in [0, 0.05) is 5.56 Å². The monoisotopic (exact) mass is 232 g/mol. The molecule has 1 unspecified atom stereocenters. The molecule has 0 bridgehead atoms. The van der Waals surface area contributed by atoms with Gasteiger partial charge in [0.1, 0.15) is 17.6 Å². The van der Waals surface area contributed by atoms with Gasteiger partial charge in [-0.1, -0.05) is 18.2 Å². The summed E-state index contributed by atoms with van der Waals surface area (Å²) in [5, 5.41) is 10.2. The molecule has 3 heteroatoms. The maximum Gasteiger partial charge on any atom is 0.140 e. The maximum absolute atomic E-state index is 10.2. The molecule has 0 aliphatic rings. The first-order chi connectivity index (χ1) is 8.18. The Hall–Kier alpha value is -1.74. The van der Waals surface area contributed by atoms with Crippen molar-refractivity contribution in [1.82, 2.24) is 0 Å². The van der Waals surface area contributed by atoms with Gasteiger partial charge in [0.05, 0.1) is 12.4 Å². The van der Waals surface area contributed by atoms with Crippen LogP contribution in [0, 0.1) is 0 Å². The normalized spacial score (nSPS) is 12.7. The largest absolute Gasteiger partial charge is 0.491 e. The molecule has 1 heterocycles. The van der Waals surface area contributed by atoms with Crippen LogP contribution in [0.25, 0.3) is 0 Å². The first-order valence-electron chi connectivity index (χ1n) is 5.65. The van der Waals surface area contributed by atoms with Crippen molar-refractivity contribution in [3.8, 4) is 5.75 Å². The summed E-state index contributed by atoms with van der Waals surface area (Å²) in [6, 6.07) is 10.9. The summed E-state index contributed by atoms with van der Waals surface area (Å²) < 4.78 is 10.9. The van der Waals surface area contributed by atoms with Crippen LogP contribution in [0.2, 0.25) is 0 Å². The summed E-state index contributed by atoms with van der Waals surface area (Å²) in [6.45, 7) is 3.91. The first-order valence-corrected chi connectivity index (χ1v) is 5.65. The Morgan fingerprint density at radius 1 is 1.12 bits per heavy atom. The highest BCUT2D eigenvalue weighted by molar-refractivity contribution is 5.38. The van der Waals surface area contributed by atoms with Crippen molar-refractivity contribution in [2.24, 2.45) is 0 Å². The number of aliphatic hydroxyl groups is 1. The van der Waals surface area contributed by atoms with E-state index in [-0.39, 0.29) is 6.10 Å². The van der Waals surface area contributed by atoms with Crippen LogP contribution in [0.3, 0.4) is 0 Å². The average Bonchev–Trinajstić information content (AvgIpc) is 2.81. The highest BCUT2D eigenvalue weighted by Gasteiger charge is 2.17. The van der Waals surface area contributed by atoms with Crippen molar-refractivity contribution in [1.29, 1.82) is 0 Å². The van der Waals surface area contributed by atoms with Gasteiger partial charge in [-0.25, -0.2) is 0 Å². The molecule has 2 aromatic rings. The molecule has 3 nitrogen and oxygen atoms in total. The predicted octanol–water partition coefficient (Wildman–Crippen LogP) is 3.15. The SMILES string of the molecule is CC(C)Oc1ccccc1C(O)c1ccco1. The van der Waals surface area contributed by atoms with Gasteiger partial charge in [-0.2, -0.15) is 0 Å². The van der Waals surface area contributed by atoms with Crippen LogP contribution < -0.4 is 4.74 Å². The molecule has 1 N–H and O–H groups in total. The fourth-order valence-electron chi connectivity index (χ4n) is 1.67. The first kappa shape index (κ1) is 11.7. The standard InChI is InChI=1S/C14H16O3/c1-10(2)17-12-7-4-3-6-11(12)14(15)13-8-5-9-16-13/h3-10,14-15H,1-2H3. The van der Waals surface area contributed by atoms with E-state index in [0.29, 0.717) is 11.5 Å². The minimum atomic E-state index is -0.792. The van der Waals surface area contributed by atoms with Crippen molar-refractivity contribution < 1.29 is 14.3 Å². The maximum atomic E-state index is 10.2. The average molecular weight is 232 g/mol. The quantitative estimate of drug-likeness (QED) is 0.880. The van der Waals surface area contributed by atoms with Gasteiger partial charge in [0.25, 0.3) is 0 Å². The third-order valence-corrected chi connectivity index (χ3v) is 2.39. The molecule has 0 fully saturated rings. The lowest BCUT2D eigenvalue weighted by molar-refractivity contribution is 0.176. The zero-order chi connectivity index (χ0) is 12.3. The Morgan fingerprint density at radius 3 is 2.53 bits per heavy atom. The second kappa shape index (κ2) is 5.06. The van der Waals surface area contributed by atoms with Crippen LogP contribution in [-0.2, 0) is 0 Å². The van der Waals surface area contributed by atoms with E-state index in [9.17, 15) is 5.11 Å². The Balaban J connectivity index is 2.31. The fraction of sp³-hybridized carbons (Fsp3) is 0.286. The Kier molecular flexibility index (Phi) is 3.49. The molecule has 90 valence electrons. The van der Waals surface area contributed by atoms with Crippen LogP contribution in [-0.4, -0.2) is 11.2 Å². The molecule has 0 spiro atoms. The topological polar surface area (TPSA) is 42.6 Å². The van der Waals surface area contributed by atoms with E-state index in [1.807, 2.05) is 38.1 Å². The van der Waals surface area contributed by atoms with Crippen LogP contribution in [0.1, 0.15) is 31.3 Å². The lowest BCUT2D eigenvalue weighted by Gasteiger charge is -2.16. The fourth-order valence-corrected chi connectivity index (χ4v) is 1.67.